The van der Waals surface area contributed by atoms with Crippen LogP contribution in [0.5, 0.6) is 0 Å². The summed E-state index contributed by atoms with van der Waals surface area (Å²) in [7, 11) is 0. The van der Waals surface area contributed by atoms with Gasteiger partial charge in [-0.3, -0.25) is 0 Å². The maximum absolute atomic E-state index is 8.35. The van der Waals surface area contributed by atoms with E-state index in [1.54, 1.807) is 0 Å². The van der Waals surface area contributed by atoms with Crippen LogP contribution in [0.4, 0.5) is 0 Å². The van der Waals surface area contributed by atoms with E-state index in [1.807, 2.05) is 0 Å². The van der Waals surface area contributed by atoms with Crippen molar-refractivity contribution in [2.75, 3.05) is 13.2 Å². The van der Waals surface area contributed by atoms with Crippen LogP contribution in [0.1, 0.15) is 0 Å². The molecule has 6 heteroatoms. The van der Waals surface area contributed by atoms with Crippen molar-refractivity contribution in [1.29, 1.82) is 10.8 Å². The first-order valence-corrected chi connectivity index (χ1v) is 2.57. The van der Waals surface area contributed by atoms with Crippen molar-refractivity contribution in [3.8, 4) is 0 Å². The van der Waals surface area contributed by atoms with Crippen LogP contribution in [0, 0.1) is 10.8 Å². The molecule has 0 saturated carbocycles. The molecule has 1 aliphatic rings. The maximum atomic E-state index is 8.35. The second kappa shape index (κ2) is 11.5. The number of rotatable bonds is 1. The third-order valence-corrected chi connectivity index (χ3v) is 0.606. The highest BCUT2D eigenvalue weighted by Gasteiger charge is 2.19. The molecular weight excluding hydrogens is 152 g/mol. The fourth-order valence-corrected chi connectivity index (χ4v) is 0.173. The molecule has 1 rings (SSSR count). The van der Waals surface area contributed by atoms with Crippen molar-refractivity contribution < 1.29 is 19.4 Å². The topological polar surface area (TPSA) is 115 Å². The summed E-state index contributed by atoms with van der Waals surface area (Å²) >= 11 is 0. The summed E-state index contributed by atoms with van der Waals surface area (Å²) in [5.41, 5.74) is 0. The van der Waals surface area contributed by atoms with Crippen molar-refractivity contribution in [1.82, 2.24) is 0 Å². The number of hydrogen-bond donors (Lipinski definition) is 3. The van der Waals surface area contributed by atoms with Gasteiger partial charge in [0.1, 0.15) is 6.10 Å². The van der Waals surface area contributed by atoms with Gasteiger partial charge in [0.15, 0.2) is 0 Å². The molecule has 3 N–H and O–H groups in total. The van der Waals surface area contributed by atoms with E-state index in [4.69, 9.17) is 25.5 Å². The molecule has 1 unspecified atom stereocenters. The fourth-order valence-electron chi connectivity index (χ4n) is 0.173. The monoisotopic (exact) mass is 160 g/mol. The van der Waals surface area contributed by atoms with Crippen molar-refractivity contribution in [3.05, 3.63) is 0 Å². The zero-order chi connectivity index (χ0) is 9.11. The zero-order valence-corrected chi connectivity index (χ0v) is 5.66. The highest BCUT2D eigenvalue weighted by molar-refractivity contribution is 5.26. The van der Waals surface area contributed by atoms with Gasteiger partial charge in [-0.05, 0) is 0 Å². The lowest BCUT2D eigenvalue weighted by atomic mass is 10.5. The Labute approximate surface area is 62.8 Å². The van der Waals surface area contributed by atoms with Crippen LogP contribution < -0.4 is 0 Å². The molecule has 1 saturated heterocycles. The number of aliphatic hydroxyl groups is 1. The van der Waals surface area contributed by atoms with Gasteiger partial charge < -0.3 is 9.84 Å². The average molecular weight is 160 g/mol. The predicted octanol–water partition coefficient (Wildman–Crippen LogP) is -0.821. The Morgan fingerprint density at radius 1 is 1.45 bits per heavy atom. The molecule has 6 nitrogen and oxygen atoms in total. The van der Waals surface area contributed by atoms with E-state index < -0.39 is 0 Å². The molecule has 0 aromatic carbocycles. The highest BCUT2D eigenvalue weighted by Crippen LogP contribution is 2.04. The van der Waals surface area contributed by atoms with Gasteiger partial charge in [0.05, 0.1) is 13.2 Å². The minimum atomic E-state index is 0.190. The largest absolute Gasteiger partial charge is 0.394 e. The molecule has 0 bridgehead atoms. The Balaban J connectivity index is 0. The predicted molar refractivity (Wildman–Crippen MR) is 33.7 cm³/mol. The minimum Gasteiger partial charge on any atom is -0.394 e. The van der Waals surface area contributed by atoms with E-state index >= 15 is 0 Å². The van der Waals surface area contributed by atoms with Crippen molar-refractivity contribution in [2.24, 2.45) is 0 Å². The first-order chi connectivity index (χ1) is 5.26. The van der Waals surface area contributed by atoms with Crippen molar-refractivity contribution >= 4 is 12.2 Å². The zero-order valence-electron chi connectivity index (χ0n) is 5.66. The Hall–Kier alpha value is -1.32. The lowest BCUT2D eigenvalue weighted by Gasteiger charge is -1.70. The maximum Gasteiger partial charge on any atom is 0.231 e. The summed E-state index contributed by atoms with van der Waals surface area (Å²) in [6.45, 7) is 0.955. The molecule has 1 atom stereocenters. The normalized spacial score (nSPS) is 17.0. The quantitative estimate of drug-likeness (QED) is 0.264. The van der Waals surface area contributed by atoms with Gasteiger partial charge in [-0.25, -0.2) is 20.4 Å². The van der Waals surface area contributed by atoms with E-state index in [1.165, 1.54) is 0 Å². The number of epoxide rings is 1. The third-order valence-electron chi connectivity index (χ3n) is 0.606. The van der Waals surface area contributed by atoms with Crippen molar-refractivity contribution in [3.63, 3.8) is 0 Å². The summed E-state index contributed by atoms with van der Waals surface area (Å²) in [5, 5.41) is 18.9. The van der Waals surface area contributed by atoms with Gasteiger partial charge in [0.25, 0.3) is 0 Å². The second-order valence-electron chi connectivity index (χ2n) is 1.34. The molecule has 0 radical (unpaired) electrons. The smallest absolute Gasteiger partial charge is 0.231 e. The number of ether oxygens (including phenoxy) is 1. The summed E-state index contributed by atoms with van der Waals surface area (Å²) in [5.74, 6) is 0. The van der Waals surface area contributed by atoms with Crippen LogP contribution in [0.15, 0.2) is 0 Å². The number of aliphatic hydroxyl groups excluding tert-OH is 1. The molecule has 0 spiro atoms. The SMILES string of the molecule is N=C=O.N=C=O.OCC1CO1. The van der Waals surface area contributed by atoms with Gasteiger partial charge >= 0.3 is 0 Å². The van der Waals surface area contributed by atoms with E-state index in [0.29, 0.717) is 0 Å². The Kier molecular flexibility index (Phi) is 12.9. The molecule has 0 amide bonds. The Morgan fingerprint density at radius 3 is 1.73 bits per heavy atom. The van der Waals surface area contributed by atoms with Crippen LogP contribution >= 0.6 is 0 Å². The number of isocyanates is 2. The van der Waals surface area contributed by atoms with Crippen LogP contribution in [-0.4, -0.2) is 36.6 Å². The summed E-state index contributed by atoms with van der Waals surface area (Å²) < 4.78 is 4.61. The molecule has 0 aliphatic carbocycles. The van der Waals surface area contributed by atoms with Crippen molar-refractivity contribution in [2.45, 2.75) is 6.10 Å². The Bertz CT molecular complexity index is 131. The molecule has 1 heterocycles. The molecule has 11 heavy (non-hydrogen) atoms. The summed E-state index contributed by atoms with van der Waals surface area (Å²) in [4.78, 5) is 16.7. The van der Waals surface area contributed by atoms with Gasteiger partial charge in [-0.2, -0.15) is 0 Å². The first-order valence-electron chi connectivity index (χ1n) is 2.57. The van der Waals surface area contributed by atoms with Gasteiger partial charge in [0.2, 0.25) is 12.2 Å². The molecular formula is C5H8N2O4. The van der Waals surface area contributed by atoms with E-state index in [-0.39, 0.29) is 12.7 Å². The lowest BCUT2D eigenvalue weighted by molar-refractivity contribution is 0.244. The van der Waals surface area contributed by atoms with E-state index in [0.717, 1.165) is 18.8 Å². The van der Waals surface area contributed by atoms with E-state index in [9.17, 15) is 0 Å². The average Bonchev–Trinajstić information content (AvgIpc) is 2.72. The molecule has 62 valence electrons. The fraction of sp³-hybridized carbons (Fsp3) is 0.600. The standard InChI is InChI=1S/C3H6O2.2CHNO/c4-1-3-2-5-3;2*2-1-3/h3-4H,1-2H2;2*2H. The Morgan fingerprint density at radius 2 is 1.73 bits per heavy atom. The van der Waals surface area contributed by atoms with Gasteiger partial charge in [0, 0.05) is 0 Å². The number of nitrogens with one attached hydrogen (secondary N) is 2. The van der Waals surface area contributed by atoms with E-state index in [2.05, 4.69) is 4.74 Å². The van der Waals surface area contributed by atoms with Crippen LogP contribution in [0.2, 0.25) is 0 Å². The number of carbonyl (C=O) groups excluding carboxylic acids is 2. The lowest BCUT2D eigenvalue weighted by Crippen LogP contribution is -1.88. The third kappa shape index (κ3) is 28.6. The molecule has 0 aromatic heterocycles. The van der Waals surface area contributed by atoms with Crippen LogP contribution in [0.25, 0.3) is 0 Å². The number of hydrogen-bond acceptors (Lipinski definition) is 6. The molecule has 0 aromatic rings. The van der Waals surface area contributed by atoms with Gasteiger partial charge in [-0.1, -0.05) is 0 Å². The minimum absolute atomic E-state index is 0.190. The van der Waals surface area contributed by atoms with Crippen LogP contribution in [0.3, 0.4) is 0 Å². The second-order valence-corrected chi connectivity index (χ2v) is 1.34. The molecule has 1 fully saturated rings. The summed E-state index contributed by atoms with van der Waals surface area (Å²) in [6, 6.07) is 0. The van der Waals surface area contributed by atoms with Crippen LogP contribution in [-0.2, 0) is 14.3 Å². The summed E-state index contributed by atoms with van der Waals surface area (Å²) in [6.07, 6.45) is 1.69. The highest BCUT2D eigenvalue weighted by atomic mass is 16.6. The first kappa shape index (κ1) is 12.4. The molecule has 1 aliphatic heterocycles. The van der Waals surface area contributed by atoms with Gasteiger partial charge in [-0.15, -0.1) is 0 Å².